The first kappa shape index (κ1) is 23.7. The molecule has 1 amide bonds. The molecule has 4 rings (SSSR count). The van der Waals surface area contributed by atoms with Crippen LogP contribution in [0.5, 0.6) is 5.75 Å². The lowest BCUT2D eigenvalue weighted by Crippen LogP contribution is -2.11. The van der Waals surface area contributed by atoms with Crippen molar-refractivity contribution in [3.63, 3.8) is 0 Å². The van der Waals surface area contributed by atoms with E-state index in [0.29, 0.717) is 29.1 Å². The minimum atomic E-state index is -1.09. The van der Waals surface area contributed by atoms with Crippen molar-refractivity contribution >= 4 is 17.6 Å². The summed E-state index contributed by atoms with van der Waals surface area (Å²) < 4.78 is 5.81. The Labute approximate surface area is 204 Å². The molecule has 4 aromatic rings. The molecule has 176 valence electrons. The summed E-state index contributed by atoms with van der Waals surface area (Å²) in [7, 11) is 0. The number of rotatable bonds is 10. The third kappa shape index (κ3) is 6.77. The first-order valence-corrected chi connectivity index (χ1v) is 11.5. The Bertz CT molecular complexity index is 1290. The molecule has 3 aromatic carbocycles. The molecule has 0 radical (unpaired) electrons. The van der Waals surface area contributed by atoms with Gasteiger partial charge in [0.2, 0.25) is 0 Å². The van der Waals surface area contributed by atoms with Gasteiger partial charge in [0.25, 0.3) is 5.91 Å². The third-order valence-electron chi connectivity index (χ3n) is 5.47. The molecule has 1 heterocycles. The van der Waals surface area contributed by atoms with Gasteiger partial charge in [0.05, 0.1) is 12.3 Å². The maximum absolute atomic E-state index is 12.7. The predicted octanol–water partition coefficient (Wildman–Crippen LogP) is 6.10. The molecule has 35 heavy (non-hydrogen) atoms. The highest BCUT2D eigenvalue weighted by atomic mass is 16.5. The zero-order chi connectivity index (χ0) is 24.5. The number of pyridine rings is 1. The van der Waals surface area contributed by atoms with Gasteiger partial charge in [-0.1, -0.05) is 48.5 Å². The lowest BCUT2D eigenvalue weighted by Gasteiger charge is -2.09. The second kappa shape index (κ2) is 11.6. The monoisotopic (exact) mass is 466 g/mol. The Morgan fingerprint density at radius 2 is 1.60 bits per heavy atom. The summed E-state index contributed by atoms with van der Waals surface area (Å²) in [6, 6.07) is 29.4. The van der Waals surface area contributed by atoms with E-state index in [4.69, 9.17) is 9.84 Å². The highest BCUT2D eigenvalue weighted by Gasteiger charge is 2.10. The van der Waals surface area contributed by atoms with Gasteiger partial charge in [-0.25, -0.2) is 9.78 Å². The first-order chi connectivity index (χ1) is 17.1. The SMILES string of the molecule is O=C(Nc1cccc(-c2cccc(C(=O)O)n2)c1)c1ccc(OCCCCc2ccccc2)cc1. The minimum absolute atomic E-state index is 0.0320. The molecule has 0 spiro atoms. The van der Waals surface area contributed by atoms with E-state index >= 15 is 0 Å². The molecule has 0 saturated heterocycles. The molecule has 6 heteroatoms. The zero-order valence-electron chi connectivity index (χ0n) is 19.2. The summed E-state index contributed by atoms with van der Waals surface area (Å²) in [5, 5.41) is 12.0. The van der Waals surface area contributed by atoms with Crippen LogP contribution in [-0.2, 0) is 6.42 Å². The van der Waals surface area contributed by atoms with Crippen LogP contribution in [0, 0.1) is 0 Å². The largest absolute Gasteiger partial charge is 0.494 e. The standard InChI is InChI=1S/C29H26N2O4/c32-28(30-24-12-6-11-23(20-24)26-13-7-14-27(31-26)29(33)34)22-15-17-25(18-16-22)35-19-5-4-10-21-8-2-1-3-9-21/h1-3,6-9,11-18,20H,4-5,10,19H2,(H,30,32)(H,33,34). The lowest BCUT2D eigenvalue weighted by molar-refractivity contribution is 0.0690. The third-order valence-corrected chi connectivity index (χ3v) is 5.47. The summed E-state index contributed by atoms with van der Waals surface area (Å²) in [4.78, 5) is 28.1. The smallest absolute Gasteiger partial charge is 0.354 e. The molecule has 0 aliphatic carbocycles. The Morgan fingerprint density at radius 3 is 2.37 bits per heavy atom. The van der Waals surface area contributed by atoms with Gasteiger partial charge >= 0.3 is 5.97 Å². The topological polar surface area (TPSA) is 88.5 Å². The number of unbranched alkanes of at least 4 members (excludes halogenated alkanes) is 1. The molecule has 0 aliphatic rings. The van der Waals surface area contributed by atoms with Gasteiger partial charge in [-0.15, -0.1) is 0 Å². The number of nitrogens with zero attached hydrogens (tertiary/aromatic N) is 1. The number of amides is 1. The van der Waals surface area contributed by atoms with E-state index < -0.39 is 5.97 Å². The highest BCUT2D eigenvalue weighted by molar-refractivity contribution is 6.04. The highest BCUT2D eigenvalue weighted by Crippen LogP contribution is 2.22. The number of nitrogens with one attached hydrogen (secondary N) is 1. The summed E-state index contributed by atoms with van der Waals surface area (Å²) in [6.45, 7) is 0.627. The van der Waals surface area contributed by atoms with Crippen molar-refractivity contribution in [3.05, 3.63) is 114 Å². The van der Waals surface area contributed by atoms with Crippen LogP contribution >= 0.6 is 0 Å². The average Bonchev–Trinajstić information content (AvgIpc) is 2.89. The fourth-order valence-corrected chi connectivity index (χ4v) is 3.64. The Morgan fingerprint density at radius 1 is 0.829 bits per heavy atom. The maximum Gasteiger partial charge on any atom is 0.354 e. The van der Waals surface area contributed by atoms with Crippen molar-refractivity contribution in [2.75, 3.05) is 11.9 Å². The van der Waals surface area contributed by atoms with Crippen molar-refractivity contribution in [1.82, 2.24) is 4.98 Å². The molecule has 6 nitrogen and oxygen atoms in total. The summed E-state index contributed by atoms with van der Waals surface area (Å²) in [5.74, 6) is -0.604. The van der Waals surface area contributed by atoms with Gasteiger partial charge in [-0.05, 0) is 73.4 Å². The number of carbonyl (C=O) groups is 2. The summed E-state index contributed by atoms with van der Waals surface area (Å²) >= 11 is 0. The molecule has 0 atom stereocenters. The zero-order valence-corrected chi connectivity index (χ0v) is 19.2. The Hall–Kier alpha value is -4.45. The number of anilines is 1. The number of aromatic carboxylic acids is 1. The number of hydrogen-bond acceptors (Lipinski definition) is 4. The van der Waals surface area contributed by atoms with Crippen LogP contribution in [0.1, 0.15) is 39.3 Å². The molecular weight excluding hydrogens is 440 g/mol. The van der Waals surface area contributed by atoms with Crippen LogP contribution < -0.4 is 10.1 Å². The van der Waals surface area contributed by atoms with E-state index in [9.17, 15) is 9.59 Å². The molecule has 0 unspecified atom stereocenters. The number of aryl methyl sites for hydroxylation is 1. The normalized spacial score (nSPS) is 10.5. The van der Waals surface area contributed by atoms with Crippen LogP contribution in [0.4, 0.5) is 5.69 Å². The maximum atomic E-state index is 12.7. The summed E-state index contributed by atoms with van der Waals surface area (Å²) in [5.41, 5.74) is 3.63. The van der Waals surface area contributed by atoms with Crippen molar-refractivity contribution in [1.29, 1.82) is 0 Å². The average molecular weight is 467 g/mol. The van der Waals surface area contributed by atoms with Gasteiger partial charge in [-0.3, -0.25) is 4.79 Å². The van der Waals surface area contributed by atoms with Gasteiger partial charge in [0.15, 0.2) is 0 Å². The van der Waals surface area contributed by atoms with Crippen LogP contribution in [0.3, 0.4) is 0 Å². The molecule has 0 saturated carbocycles. The number of carboxylic acid groups (broad SMARTS) is 1. The molecule has 0 aliphatic heterocycles. The van der Waals surface area contributed by atoms with Crippen LogP contribution in [0.2, 0.25) is 0 Å². The van der Waals surface area contributed by atoms with E-state index in [1.807, 2.05) is 12.1 Å². The molecule has 0 fully saturated rings. The van der Waals surface area contributed by atoms with E-state index in [0.717, 1.165) is 25.0 Å². The van der Waals surface area contributed by atoms with Crippen LogP contribution in [-0.4, -0.2) is 28.6 Å². The number of carboxylic acids is 1. The molecular formula is C29H26N2O4. The number of benzene rings is 3. The van der Waals surface area contributed by atoms with E-state index in [1.54, 1.807) is 54.6 Å². The van der Waals surface area contributed by atoms with Crippen LogP contribution in [0.25, 0.3) is 11.3 Å². The second-order valence-corrected chi connectivity index (χ2v) is 8.06. The predicted molar refractivity (Wildman–Crippen MR) is 136 cm³/mol. The van der Waals surface area contributed by atoms with Gasteiger partial charge in [0, 0.05) is 16.8 Å². The fourth-order valence-electron chi connectivity index (χ4n) is 3.64. The van der Waals surface area contributed by atoms with Gasteiger partial charge in [-0.2, -0.15) is 0 Å². The number of carbonyl (C=O) groups excluding carboxylic acids is 1. The molecule has 1 aromatic heterocycles. The van der Waals surface area contributed by atoms with E-state index in [-0.39, 0.29) is 11.6 Å². The number of ether oxygens (including phenoxy) is 1. The van der Waals surface area contributed by atoms with Gasteiger partial charge < -0.3 is 15.2 Å². The fraction of sp³-hybridized carbons (Fsp3) is 0.138. The first-order valence-electron chi connectivity index (χ1n) is 11.5. The van der Waals surface area contributed by atoms with Crippen molar-refractivity contribution in [2.24, 2.45) is 0 Å². The molecule has 2 N–H and O–H groups in total. The van der Waals surface area contributed by atoms with Crippen LogP contribution in [0.15, 0.2) is 97.1 Å². The number of aromatic nitrogens is 1. The number of hydrogen-bond donors (Lipinski definition) is 2. The second-order valence-electron chi connectivity index (χ2n) is 8.06. The Balaban J connectivity index is 1.29. The quantitative estimate of drug-likeness (QED) is 0.276. The minimum Gasteiger partial charge on any atom is -0.494 e. The van der Waals surface area contributed by atoms with Crippen molar-refractivity contribution in [3.8, 4) is 17.0 Å². The van der Waals surface area contributed by atoms with Gasteiger partial charge in [0.1, 0.15) is 11.4 Å². The van der Waals surface area contributed by atoms with Crippen molar-refractivity contribution < 1.29 is 19.4 Å². The Kier molecular flexibility index (Phi) is 7.86. The summed E-state index contributed by atoms with van der Waals surface area (Å²) in [6.07, 6.45) is 3.04. The molecule has 0 bridgehead atoms. The van der Waals surface area contributed by atoms with Crippen molar-refractivity contribution in [2.45, 2.75) is 19.3 Å². The van der Waals surface area contributed by atoms with E-state index in [2.05, 4.69) is 34.6 Å². The lowest BCUT2D eigenvalue weighted by atomic mass is 10.1. The van der Waals surface area contributed by atoms with E-state index in [1.165, 1.54) is 11.6 Å².